The molecule has 1 heterocycles. The average Bonchev–Trinajstić information content (AvgIpc) is 2.80. The highest BCUT2D eigenvalue weighted by atomic mass is 16.2. The molecule has 2 fully saturated rings. The Labute approximate surface area is 148 Å². The van der Waals surface area contributed by atoms with Gasteiger partial charge < -0.3 is 10.6 Å². The maximum Gasteiger partial charge on any atom is 0.325 e. The van der Waals surface area contributed by atoms with E-state index in [1.807, 2.05) is 31.2 Å². The van der Waals surface area contributed by atoms with Crippen LogP contribution < -0.4 is 10.6 Å². The van der Waals surface area contributed by atoms with E-state index in [0.29, 0.717) is 25.3 Å². The topological polar surface area (TPSA) is 78.5 Å². The Hall–Kier alpha value is -2.37. The van der Waals surface area contributed by atoms with Gasteiger partial charge in [-0.25, -0.2) is 4.79 Å². The van der Waals surface area contributed by atoms with Gasteiger partial charge in [0.15, 0.2) is 0 Å². The molecule has 0 unspecified atom stereocenters. The predicted molar refractivity (Wildman–Crippen MR) is 93.6 cm³/mol. The summed E-state index contributed by atoms with van der Waals surface area (Å²) in [6.07, 6.45) is 3.14. The summed E-state index contributed by atoms with van der Waals surface area (Å²) in [5, 5.41) is 5.61. The highest BCUT2D eigenvalue weighted by Crippen LogP contribution is 2.36. The Kier molecular flexibility index (Phi) is 4.79. The van der Waals surface area contributed by atoms with Gasteiger partial charge in [-0.3, -0.25) is 14.5 Å². The number of nitrogens with zero attached hydrogens (tertiary/aromatic N) is 1. The third-order valence-corrected chi connectivity index (χ3v) is 5.25. The second kappa shape index (κ2) is 6.86. The first kappa shape index (κ1) is 17.5. The van der Waals surface area contributed by atoms with E-state index in [-0.39, 0.29) is 18.4 Å². The minimum Gasteiger partial charge on any atom is -0.350 e. The van der Waals surface area contributed by atoms with E-state index >= 15 is 0 Å². The third kappa shape index (κ3) is 3.67. The molecule has 2 aliphatic rings. The second-order valence-corrected chi connectivity index (χ2v) is 7.35. The van der Waals surface area contributed by atoms with E-state index in [1.165, 1.54) is 0 Å². The number of urea groups is 1. The van der Waals surface area contributed by atoms with Crippen LogP contribution in [0.2, 0.25) is 0 Å². The van der Waals surface area contributed by atoms with Gasteiger partial charge in [-0.2, -0.15) is 0 Å². The fourth-order valence-corrected chi connectivity index (χ4v) is 3.64. The average molecular weight is 343 g/mol. The highest BCUT2D eigenvalue weighted by Gasteiger charge is 2.52. The zero-order valence-corrected chi connectivity index (χ0v) is 14.8. The van der Waals surface area contributed by atoms with Crippen LogP contribution in [0.4, 0.5) is 4.79 Å². The van der Waals surface area contributed by atoms with E-state index in [2.05, 4.69) is 17.6 Å². The van der Waals surface area contributed by atoms with E-state index in [0.717, 1.165) is 28.9 Å². The first-order valence-electron chi connectivity index (χ1n) is 8.86. The predicted octanol–water partition coefficient (Wildman–Crippen LogP) is 2.11. The van der Waals surface area contributed by atoms with Crippen molar-refractivity contribution in [2.75, 3.05) is 6.54 Å². The third-order valence-electron chi connectivity index (χ3n) is 5.25. The number of aryl methyl sites for hydroxylation is 1. The molecule has 6 nitrogen and oxygen atoms in total. The summed E-state index contributed by atoms with van der Waals surface area (Å²) in [4.78, 5) is 38.2. The van der Waals surface area contributed by atoms with Crippen LogP contribution in [0.25, 0.3) is 0 Å². The number of rotatable bonds is 4. The molecule has 0 bridgehead atoms. The van der Waals surface area contributed by atoms with E-state index < -0.39 is 11.6 Å². The molecule has 1 saturated carbocycles. The molecule has 4 amide bonds. The van der Waals surface area contributed by atoms with Crippen LogP contribution in [-0.2, 0) is 16.1 Å². The molecule has 6 heteroatoms. The summed E-state index contributed by atoms with van der Waals surface area (Å²) >= 11 is 0. The normalized spacial score (nSPS) is 26.0. The summed E-state index contributed by atoms with van der Waals surface area (Å²) in [5.74, 6) is -0.0108. The largest absolute Gasteiger partial charge is 0.350 e. The molecule has 134 valence electrons. The smallest absolute Gasteiger partial charge is 0.325 e. The lowest BCUT2D eigenvalue weighted by molar-refractivity contribution is -0.136. The van der Waals surface area contributed by atoms with E-state index in [4.69, 9.17) is 0 Å². The Balaban J connectivity index is 1.58. The second-order valence-electron chi connectivity index (χ2n) is 7.35. The van der Waals surface area contributed by atoms with Crippen LogP contribution in [0, 0.1) is 12.8 Å². The molecule has 1 aliphatic heterocycles. The van der Waals surface area contributed by atoms with E-state index in [9.17, 15) is 14.4 Å². The lowest BCUT2D eigenvalue weighted by Gasteiger charge is -2.33. The quantitative estimate of drug-likeness (QED) is 0.822. The summed E-state index contributed by atoms with van der Waals surface area (Å²) in [6.45, 7) is 4.30. The van der Waals surface area contributed by atoms with Crippen molar-refractivity contribution in [3.8, 4) is 0 Å². The molecule has 1 aliphatic carbocycles. The van der Waals surface area contributed by atoms with Crippen LogP contribution in [0.15, 0.2) is 24.3 Å². The maximum atomic E-state index is 12.7. The van der Waals surface area contributed by atoms with Crippen molar-refractivity contribution < 1.29 is 14.4 Å². The zero-order chi connectivity index (χ0) is 18.0. The van der Waals surface area contributed by atoms with Gasteiger partial charge in [-0.1, -0.05) is 36.8 Å². The van der Waals surface area contributed by atoms with Gasteiger partial charge >= 0.3 is 6.03 Å². The summed E-state index contributed by atoms with van der Waals surface area (Å²) < 4.78 is 0. The van der Waals surface area contributed by atoms with Gasteiger partial charge in [-0.15, -0.1) is 0 Å². The van der Waals surface area contributed by atoms with Crippen molar-refractivity contribution >= 4 is 17.8 Å². The number of amides is 4. The molecule has 0 aromatic heterocycles. The summed E-state index contributed by atoms with van der Waals surface area (Å²) in [7, 11) is 0. The Bertz CT molecular complexity index is 693. The minimum atomic E-state index is -0.791. The lowest BCUT2D eigenvalue weighted by Crippen LogP contribution is -2.49. The van der Waals surface area contributed by atoms with Gasteiger partial charge in [0.05, 0.1) is 0 Å². The van der Waals surface area contributed by atoms with Crippen LogP contribution >= 0.6 is 0 Å². The fourth-order valence-electron chi connectivity index (χ4n) is 3.64. The SMILES string of the molecule is Cc1cccc(CNC(=O)CN2C(=O)NC3(CCC(C)CC3)C2=O)c1. The number of carbonyl (C=O) groups is 3. The molecular weight excluding hydrogens is 318 g/mol. The summed E-state index contributed by atoms with van der Waals surface area (Å²) in [5.41, 5.74) is 1.32. The standard InChI is InChI=1S/C19H25N3O3/c1-13-6-8-19(9-7-13)17(24)22(18(25)21-19)12-16(23)20-11-15-5-3-4-14(2)10-15/h3-5,10,13H,6-9,11-12H2,1-2H3,(H,20,23)(H,21,25). The van der Waals surface area contributed by atoms with Gasteiger partial charge in [0.1, 0.15) is 12.1 Å². The number of nitrogens with one attached hydrogen (secondary N) is 2. The molecule has 1 saturated heterocycles. The number of hydrogen-bond acceptors (Lipinski definition) is 3. The Morgan fingerprint density at radius 3 is 2.72 bits per heavy atom. The Morgan fingerprint density at radius 1 is 1.32 bits per heavy atom. The molecule has 25 heavy (non-hydrogen) atoms. The van der Waals surface area contributed by atoms with Crippen LogP contribution in [0.1, 0.15) is 43.7 Å². The van der Waals surface area contributed by atoms with E-state index in [1.54, 1.807) is 0 Å². The first-order valence-corrected chi connectivity index (χ1v) is 8.86. The molecule has 1 spiro atoms. The molecule has 2 N–H and O–H groups in total. The summed E-state index contributed by atoms with van der Waals surface area (Å²) in [6, 6.07) is 7.39. The highest BCUT2D eigenvalue weighted by molar-refractivity contribution is 6.09. The van der Waals surface area contributed by atoms with Crippen LogP contribution in [-0.4, -0.2) is 34.8 Å². The van der Waals surface area contributed by atoms with Gasteiger partial charge in [0.2, 0.25) is 5.91 Å². The van der Waals surface area contributed by atoms with Crippen molar-refractivity contribution in [1.82, 2.24) is 15.5 Å². The Morgan fingerprint density at radius 2 is 2.04 bits per heavy atom. The van der Waals surface area contributed by atoms with Crippen molar-refractivity contribution in [3.63, 3.8) is 0 Å². The number of hydrogen-bond donors (Lipinski definition) is 2. The van der Waals surface area contributed by atoms with Crippen LogP contribution in [0.5, 0.6) is 0 Å². The first-order chi connectivity index (χ1) is 11.9. The molecule has 0 radical (unpaired) electrons. The van der Waals surface area contributed by atoms with Crippen LogP contribution in [0.3, 0.4) is 0 Å². The lowest BCUT2D eigenvalue weighted by atomic mass is 9.77. The fraction of sp³-hybridized carbons (Fsp3) is 0.526. The van der Waals surface area contributed by atoms with Gasteiger partial charge in [0, 0.05) is 6.54 Å². The van der Waals surface area contributed by atoms with Gasteiger partial charge in [0.25, 0.3) is 5.91 Å². The van der Waals surface area contributed by atoms with Gasteiger partial charge in [-0.05, 0) is 44.1 Å². The minimum absolute atomic E-state index is 0.228. The van der Waals surface area contributed by atoms with Crippen molar-refractivity contribution in [1.29, 1.82) is 0 Å². The van der Waals surface area contributed by atoms with Crippen molar-refractivity contribution in [3.05, 3.63) is 35.4 Å². The number of benzene rings is 1. The molecule has 1 aromatic rings. The zero-order valence-electron chi connectivity index (χ0n) is 14.8. The van der Waals surface area contributed by atoms with Crippen molar-refractivity contribution in [2.24, 2.45) is 5.92 Å². The van der Waals surface area contributed by atoms with Crippen molar-refractivity contribution in [2.45, 2.75) is 51.6 Å². The maximum absolute atomic E-state index is 12.7. The number of imide groups is 1. The molecule has 0 atom stereocenters. The molecule has 1 aromatic carbocycles. The molecular formula is C19H25N3O3. The molecule has 3 rings (SSSR count). The number of carbonyl (C=O) groups excluding carboxylic acids is 3. The monoisotopic (exact) mass is 343 g/mol.